The SMILES string of the molecule is Cn1cc(-c2nc(C(=O)NCCS(=O)(=O)N3CCc4ccccc43)cs2)cn1. The Bertz CT molecular complexity index is 1120. The minimum atomic E-state index is -3.50. The van der Waals surface area contributed by atoms with Crippen LogP contribution in [0, 0.1) is 0 Å². The number of benzene rings is 1. The van der Waals surface area contributed by atoms with Crippen LogP contribution >= 0.6 is 11.3 Å². The molecule has 0 fully saturated rings. The van der Waals surface area contributed by atoms with Gasteiger partial charge in [-0.3, -0.25) is 13.8 Å². The smallest absolute Gasteiger partial charge is 0.270 e. The third kappa shape index (κ3) is 3.65. The molecule has 1 amide bonds. The van der Waals surface area contributed by atoms with Gasteiger partial charge in [-0.25, -0.2) is 13.4 Å². The molecule has 3 heterocycles. The number of fused-ring (bicyclic) bond motifs is 1. The van der Waals surface area contributed by atoms with E-state index in [4.69, 9.17) is 0 Å². The van der Waals surface area contributed by atoms with Crippen LogP contribution in [0.3, 0.4) is 0 Å². The van der Waals surface area contributed by atoms with Gasteiger partial charge in [0, 0.05) is 37.3 Å². The number of para-hydroxylation sites is 1. The van der Waals surface area contributed by atoms with E-state index < -0.39 is 10.0 Å². The van der Waals surface area contributed by atoms with Crippen molar-refractivity contribution in [3.63, 3.8) is 0 Å². The van der Waals surface area contributed by atoms with Crippen LogP contribution in [0.4, 0.5) is 5.69 Å². The highest BCUT2D eigenvalue weighted by atomic mass is 32.2. The molecule has 146 valence electrons. The fourth-order valence-corrected chi connectivity index (χ4v) is 5.34. The molecule has 0 saturated heterocycles. The number of carbonyl (C=O) groups is 1. The minimum absolute atomic E-state index is 0.0274. The number of thiazole rings is 1. The molecule has 0 aliphatic carbocycles. The molecular weight excluding hydrogens is 398 g/mol. The van der Waals surface area contributed by atoms with Crippen LogP contribution in [-0.2, 0) is 23.5 Å². The molecule has 0 atom stereocenters. The number of amides is 1. The fourth-order valence-electron chi connectivity index (χ4n) is 3.13. The number of aryl methyl sites for hydroxylation is 1. The topological polar surface area (TPSA) is 97.2 Å². The highest BCUT2D eigenvalue weighted by Gasteiger charge is 2.28. The van der Waals surface area contributed by atoms with Gasteiger partial charge in [-0.2, -0.15) is 5.10 Å². The van der Waals surface area contributed by atoms with Crippen molar-refractivity contribution in [3.05, 3.63) is 53.3 Å². The summed E-state index contributed by atoms with van der Waals surface area (Å²) in [6.45, 7) is 0.468. The van der Waals surface area contributed by atoms with Crippen molar-refractivity contribution in [2.75, 3.05) is 23.1 Å². The van der Waals surface area contributed by atoms with Gasteiger partial charge in [0.15, 0.2) is 0 Å². The Labute approximate surface area is 166 Å². The second kappa shape index (κ2) is 7.36. The quantitative estimate of drug-likeness (QED) is 0.658. The van der Waals surface area contributed by atoms with E-state index >= 15 is 0 Å². The summed E-state index contributed by atoms with van der Waals surface area (Å²) in [5, 5.41) is 9.09. The van der Waals surface area contributed by atoms with E-state index in [2.05, 4.69) is 15.4 Å². The lowest BCUT2D eigenvalue weighted by atomic mass is 10.2. The van der Waals surface area contributed by atoms with Gasteiger partial charge in [0.05, 0.1) is 17.6 Å². The van der Waals surface area contributed by atoms with E-state index in [9.17, 15) is 13.2 Å². The lowest BCUT2D eigenvalue weighted by Gasteiger charge is -2.19. The highest BCUT2D eigenvalue weighted by molar-refractivity contribution is 7.92. The Balaban J connectivity index is 1.36. The summed E-state index contributed by atoms with van der Waals surface area (Å²) in [6, 6.07) is 7.49. The Morgan fingerprint density at radius 3 is 2.93 bits per heavy atom. The zero-order chi connectivity index (χ0) is 19.7. The standard InChI is InChI=1S/C18H19N5O3S2/c1-22-11-14(10-20-22)18-21-15(12-27-18)17(24)19-7-9-28(25,26)23-8-6-13-4-2-3-5-16(13)23/h2-5,10-12H,6-9H2,1H3,(H,19,24). The molecule has 1 aromatic carbocycles. The van der Waals surface area contributed by atoms with Gasteiger partial charge in [0.2, 0.25) is 10.0 Å². The maximum atomic E-state index is 12.7. The number of nitrogens with zero attached hydrogens (tertiary/aromatic N) is 4. The maximum absolute atomic E-state index is 12.7. The molecule has 0 spiro atoms. The molecule has 0 radical (unpaired) electrons. The van der Waals surface area contributed by atoms with E-state index in [-0.39, 0.29) is 23.9 Å². The molecule has 3 aromatic rings. The van der Waals surface area contributed by atoms with Crippen molar-refractivity contribution in [1.82, 2.24) is 20.1 Å². The van der Waals surface area contributed by atoms with Crippen LogP contribution in [-0.4, -0.2) is 47.9 Å². The van der Waals surface area contributed by atoms with Crippen molar-refractivity contribution in [3.8, 4) is 10.6 Å². The average molecular weight is 418 g/mol. The molecule has 0 unspecified atom stereocenters. The van der Waals surface area contributed by atoms with E-state index in [0.29, 0.717) is 18.0 Å². The number of rotatable bonds is 6. The van der Waals surface area contributed by atoms with E-state index in [1.54, 1.807) is 16.3 Å². The first-order valence-electron chi connectivity index (χ1n) is 8.75. The first-order chi connectivity index (χ1) is 13.4. The van der Waals surface area contributed by atoms with Gasteiger partial charge in [0.1, 0.15) is 10.7 Å². The molecule has 28 heavy (non-hydrogen) atoms. The van der Waals surface area contributed by atoms with E-state index in [1.807, 2.05) is 37.5 Å². The van der Waals surface area contributed by atoms with Crippen LogP contribution < -0.4 is 9.62 Å². The summed E-state index contributed by atoms with van der Waals surface area (Å²) < 4.78 is 28.4. The number of sulfonamides is 1. The molecule has 0 saturated carbocycles. The number of anilines is 1. The summed E-state index contributed by atoms with van der Waals surface area (Å²) in [7, 11) is -1.69. The Morgan fingerprint density at radius 2 is 2.14 bits per heavy atom. The largest absolute Gasteiger partial charge is 0.350 e. The van der Waals surface area contributed by atoms with Gasteiger partial charge >= 0.3 is 0 Å². The predicted molar refractivity (Wildman–Crippen MR) is 108 cm³/mol. The van der Waals surface area contributed by atoms with Crippen LogP contribution in [0.5, 0.6) is 0 Å². The Morgan fingerprint density at radius 1 is 1.32 bits per heavy atom. The summed E-state index contributed by atoms with van der Waals surface area (Å²) in [6.07, 6.45) is 4.21. The zero-order valence-electron chi connectivity index (χ0n) is 15.2. The van der Waals surface area contributed by atoms with Crippen molar-refractivity contribution in [1.29, 1.82) is 0 Å². The van der Waals surface area contributed by atoms with Crippen molar-refractivity contribution in [2.45, 2.75) is 6.42 Å². The molecule has 2 aromatic heterocycles. The number of carbonyl (C=O) groups excluding carboxylic acids is 1. The molecule has 1 aliphatic heterocycles. The van der Waals surface area contributed by atoms with E-state index in [1.165, 1.54) is 15.6 Å². The summed E-state index contributed by atoms with van der Waals surface area (Å²) in [5.41, 5.74) is 2.87. The molecular formula is C18H19N5O3S2. The molecule has 4 rings (SSSR count). The van der Waals surface area contributed by atoms with Gasteiger partial charge < -0.3 is 5.32 Å². The zero-order valence-corrected chi connectivity index (χ0v) is 16.8. The number of nitrogens with one attached hydrogen (secondary N) is 1. The van der Waals surface area contributed by atoms with Gasteiger partial charge in [0.25, 0.3) is 5.91 Å². The molecule has 10 heteroatoms. The second-order valence-electron chi connectivity index (χ2n) is 6.46. The van der Waals surface area contributed by atoms with Gasteiger partial charge in [-0.15, -0.1) is 11.3 Å². The van der Waals surface area contributed by atoms with Crippen molar-refractivity contribution in [2.24, 2.45) is 7.05 Å². The van der Waals surface area contributed by atoms with Gasteiger partial charge in [-0.1, -0.05) is 18.2 Å². The van der Waals surface area contributed by atoms with Crippen LogP contribution in [0.1, 0.15) is 16.1 Å². The Hall–Kier alpha value is -2.72. The van der Waals surface area contributed by atoms with Gasteiger partial charge in [-0.05, 0) is 18.1 Å². The number of hydrogen-bond acceptors (Lipinski definition) is 6. The van der Waals surface area contributed by atoms with E-state index in [0.717, 1.165) is 16.8 Å². The normalized spacial score (nSPS) is 13.5. The summed E-state index contributed by atoms with van der Waals surface area (Å²) >= 11 is 1.34. The second-order valence-corrected chi connectivity index (χ2v) is 9.33. The van der Waals surface area contributed by atoms with Crippen LogP contribution in [0.2, 0.25) is 0 Å². The number of aromatic nitrogens is 3. The highest BCUT2D eigenvalue weighted by Crippen LogP contribution is 2.29. The minimum Gasteiger partial charge on any atom is -0.350 e. The predicted octanol–water partition coefficient (Wildman–Crippen LogP) is 1.67. The average Bonchev–Trinajstić information content (AvgIpc) is 3.40. The molecule has 1 aliphatic rings. The molecule has 8 nitrogen and oxygen atoms in total. The molecule has 1 N–H and O–H groups in total. The third-order valence-corrected chi connectivity index (χ3v) is 7.18. The lowest BCUT2D eigenvalue weighted by Crippen LogP contribution is -2.37. The van der Waals surface area contributed by atoms with Crippen molar-refractivity contribution < 1.29 is 13.2 Å². The summed E-state index contributed by atoms with van der Waals surface area (Å²) in [4.78, 5) is 16.6. The first-order valence-corrected chi connectivity index (χ1v) is 11.2. The van der Waals surface area contributed by atoms with Crippen LogP contribution in [0.15, 0.2) is 42.0 Å². The first kappa shape index (κ1) is 18.6. The maximum Gasteiger partial charge on any atom is 0.270 e. The number of hydrogen-bond donors (Lipinski definition) is 1. The third-order valence-electron chi connectivity index (χ3n) is 4.51. The lowest BCUT2D eigenvalue weighted by molar-refractivity contribution is 0.0952. The summed E-state index contributed by atoms with van der Waals surface area (Å²) in [5.74, 6) is -0.546. The Kier molecular flexibility index (Phi) is 4.90. The van der Waals surface area contributed by atoms with Crippen LogP contribution in [0.25, 0.3) is 10.6 Å². The fraction of sp³-hybridized carbons (Fsp3) is 0.278. The van der Waals surface area contributed by atoms with Crippen molar-refractivity contribution >= 4 is 33.0 Å². The monoisotopic (exact) mass is 417 g/mol. The molecule has 0 bridgehead atoms.